The van der Waals surface area contributed by atoms with Crippen LogP contribution in [0.3, 0.4) is 0 Å². The molecule has 112 valence electrons. The molecular formula is C13H17BrF3N3. The predicted octanol–water partition coefficient (Wildman–Crippen LogP) is 2.55. The van der Waals surface area contributed by atoms with Crippen molar-refractivity contribution in [1.29, 1.82) is 0 Å². The highest BCUT2D eigenvalue weighted by atomic mass is 79.9. The molecular weight excluding hydrogens is 335 g/mol. The van der Waals surface area contributed by atoms with Crippen LogP contribution in [-0.2, 0) is 6.18 Å². The second-order valence-corrected chi connectivity index (χ2v) is 5.86. The highest BCUT2D eigenvalue weighted by molar-refractivity contribution is 9.10. The fourth-order valence-corrected chi connectivity index (χ4v) is 3.05. The van der Waals surface area contributed by atoms with Gasteiger partial charge in [-0.1, -0.05) is 0 Å². The van der Waals surface area contributed by atoms with Crippen LogP contribution in [0.4, 0.5) is 18.9 Å². The number of piperazine rings is 1. The summed E-state index contributed by atoms with van der Waals surface area (Å²) in [5.74, 6) is 0. The van der Waals surface area contributed by atoms with E-state index in [1.54, 1.807) is 0 Å². The standard InChI is InChI=1S/C13H17BrF3N3/c1-19-4-5-20(10(7-18)8-19)12-3-2-9(6-11(12)14)13(15,16)17/h2-3,6,10H,4-5,7-8,18H2,1H3. The number of hydrogen-bond acceptors (Lipinski definition) is 3. The van der Waals surface area contributed by atoms with E-state index in [1.165, 1.54) is 6.07 Å². The average molecular weight is 352 g/mol. The summed E-state index contributed by atoms with van der Waals surface area (Å²) in [6.07, 6.45) is -4.32. The number of halogens is 4. The Hall–Kier alpha value is -0.790. The van der Waals surface area contributed by atoms with Gasteiger partial charge in [0, 0.05) is 30.7 Å². The predicted molar refractivity (Wildman–Crippen MR) is 76.8 cm³/mol. The fourth-order valence-electron chi connectivity index (χ4n) is 2.45. The third kappa shape index (κ3) is 3.27. The van der Waals surface area contributed by atoms with Crippen molar-refractivity contribution in [3.63, 3.8) is 0 Å². The fraction of sp³-hybridized carbons (Fsp3) is 0.538. The molecule has 0 bridgehead atoms. The Labute approximate surface area is 124 Å². The molecule has 0 amide bonds. The Balaban J connectivity index is 2.28. The van der Waals surface area contributed by atoms with Gasteiger partial charge in [0.25, 0.3) is 0 Å². The summed E-state index contributed by atoms with van der Waals surface area (Å²) in [6, 6.07) is 3.87. The maximum absolute atomic E-state index is 12.7. The summed E-state index contributed by atoms with van der Waals surface area (Å²) in [7, 11) is 2.02. The van der Waals surface area contributed by atoms with Crippen molar-refractivity contribution in [3.8, 4) is 0 Å². The molecule has 2 rings (SSSR count). The molecule has 0 radical (unpaired) electrons. The lowest BCUT2D eigenvalue weighted by Crippen LogP contribution is -2.55. The van der Waals surface area contributed by atoms with Gasteiger partial charge in [0.1, 0.15) is 0 Å². The molecule has 1 aliphatic rings. The third-order valence-corrected chi connectivity index (χ3v) is 4.18. The van der Waals surface area contributed by atoms with Gasteiger partial charge < -0.3 is 15.5 Å². The minimum absolute atomic E-state index is 0.113. The van der Waals surface area contributed by atoms with E-state index in [-0.39, 0.29) is 6.04 Å². The first-order valence-electron chi connectivity index (χ1n) is 6.35. The summed E-state index contributed by atoms with van der Waals surface area (Å²) in [6.45, 7) is 2.90. The maximum Gasteiger partial charge on any atom is 0.416 e. The molecule has 1 heterocycles. The minimum Gasteiger partial charge on any atom is -0.364 e. The quantitative estimate of drug-likeness (QED) is 0.888. The van der Waals surface area contributed by atoms with Crippen LogP contribution in [0.2, 0.25) is 0 Å². The first-order valence-corrected chi connectivity index (χ1v) is 7.14. The van der Waals surface area contributed by atoms with Crippen LogP contribution < -0.4 is 10.6 Å². The maximum atomic E-state index is 12.7. The van der Waals surface area contributed by atoms with Crippen LogP contribution in [0.1, 0.15) is 5.56 Å². The molecule has 3 nitrogen and oxygen atoms in total. The van der Waals surface area contributed by atoms with Gasteiger partial charge in [-0.3, -0.25) is 0 Å². The Morgan fingerprint density at radius 2 is 2.05 bits per heavy atom. The van der Waals surface area contributed by atoms with Crippen molar-refractivity contribution < 1.29 is 13.2 Å². The first-order chi connectivity index (χ1) is 9.32. The normalized spacial score (nSPS) is 21.3. The Kier molecular flexibility index (Phi) is 4.61. The van der Waals surface area contributed by atoms with Crippen LogP contribution >= 0.6 is 15.9 Å². The average Bonchev–Trinajstić information content (AvgIpc) is 2.38. The van der Waals surface area contributed by atoms with E-state index in [0.717, 1.165) is 37.5 Å². The smallest absolute Gasteiger partial charge is 0.364 e. The molecule has 1 unspecified atom stereocenters. The summed E-state index contributed by atoms with van der Waals surface area (Å²) < 4.78 is 38.5. The van der Waals surface area contributed by atoms with Gasteiger partial charge in [0.15, 0.2) is 0 Å². The molecule has 1 aromatic rings. The third-order valence-electron chi connectivity index (χ3n) is 3.54. The molecule has 0 aromatic heterocycles. The number of nitrogens with zero attached hydrogens (tertiary/aromatic N) is 2. The van der Waals surface area contributed by atoms with Gasteiger partial charge in [-0.05, 0) is 41.2 Å². The molecule has 1 fully saturated rings. The van der Waals surface area contributed by atoms with Gasteiger partial charge in [0.05, 0.1) is 17.3 Å². The Bertz CT molecular complexity index is 478. The minimum atomic E-state index is -4.32. The molecule has 0 aliphatic carbocycles. The number of rotatable bonds is 2. The van der Waals surface area contributed by atoms with E-state index in [4.69, 9.17) is 5.73 Å². The second kappa shape index (κ2) is 5.91. The highest BCUT2D eigenvalue weighted by Gasteiger charge is 2.32. The van der Waals surface area contributed by atoms with Crippen LogP contribution in [0.25, 0.3) is 0 Å². The van der Waals surface area contributed by atoms with E-state index in [9.17, 15) is 13.2 Å². The van der Waals surface area contributed by atoms with E-state index in [2.05, 4.69) is 25.7 Å². The highest BCUT2D eigenvalue weighted by Crippen LogP contribution is 2.36. The van der Waals surface area contributed by atoms with Crippen LogP contribution in [0, 0.1) is 0 Å². The Morgan fingerprint density at radius 3 is 2.60 bits per heavy atom. The van der Waals surface area contributed by atoms with Crippen molar-refractivity contribution in [1.82, 2.24) is 4.90 Å². The summed E-state index contributed by atoms with van der Waals surface area (Å²) >= 11 is 3.25. The van der Waals surface area contributed by atoms with Gasteiger partial charge in [0.2, 0.25) is 0 Å². The lowest BCUT2D eigenvalue weighted by molar-refractivity contribution is -0.137. The number of likely N-dealkylation sites (N-methyl/N-ethyl adjacent to an activating group) is 1. The molecule has 2 N–H and O–H groups in total. The summed E-state index contributed by atoms with van der Waals surface area (Å²) in [5, 5.41) is 0. The number of hydrogen-bond donors (Lipinski definition) is 1. The number of alkyl halides is 3. The topological polar surface area (TPSA) is 32.5 Å². The zero-order valence-electron chi connectivity index (χ0n) is 11.1. The molecule has 1 aromatic carbocycles. The van der Waals surface area contributed by atoms with E-state index >= 15 is 0 Å². The van der Waals surface area contributed by atoms with Gasteiger partial charge in [-0.15, -0.1) is 0 Å². The second-order valence-electron chi connectivity index (χ2n) is 5.01. The number of nitrogens with two attached hydrogens (primary N) is 1. The molecule has 1 atom stereocenters. The van der Waals surface area contributed by atoms with Gasteiger partial charge >= 0.3 is 6.18 Å². The molecule has 7 heteroatoms. The zero-order chi connectivity index (χ0) is 14.9. The van der Waals surface area contributed by atoms with Gasteiger partial charge in [-0.2, -0.15) is 13.2 Å². The molecule has 0 spiro atoms. The van der Waals surface area contributed by atoms with Crippen LogP contribution in [0.5, 0.6) is 0 Å². The molecule has 1 aliphatic heterocycles. The van der Waals surface area contributed by atoms with Crippen molar-refractivity contribution in [2.75, 3.05) is 38.1 Å². The SMILES string of the molecule is CN1CCN(c2ccc(C(F)(F)F)cc2Br)C(CN)C1. The lowest BCUT2D eigenvalue weighted by Gasteiger charge is -2.41. The van der Waals surface area contributed by atoms with Crippen molar-refractivity contribution in [3.05, 3.63) is 28.2 Å². The summed E-state index contributed by atoms with van der Waals surface area (Å²) in [4.78, 5) is 4.25. The number of anilines is 1. The van der Waals surface area contributed by atoms with E-state index in [0.29, 0.717) is 11.0 Å². The van der Waals surface area contributed by atoms with E-state index < -0.39 is 11.7 Å². The van der Waals surface area contributed by atoms with Crippen molar-refractivity contribution >= 4 is 21.6 Å². The van der Waals surface area contributed by atoms with Crippen molar-refractivity contribution in [2.24, 2.45) is 5.73 Å². The monoisotopic (exact) mass is 351 g/mol. The van der Waals surface area contributed by atoms with Crippen molar-refractivity contribution in [2.45, 2.75) is 12.2 Å². The molecule has 0 saturated carbocycles. The Morgan fingerprint density at radius 1 is 1.35 bits per heavy atom. The summed E-state index contributed by atoms with van der Waals surface area (Å²) in [5.41, 5.74) is 5.90. The van der Waals surface area contributed by atoms with Crippen LogP contribution in [0.15, 0.2) is 22.7 Å². The largest absolute Gasteiger partial charge is 0.416 e. The first kappa shape index (κ1) is 15.6. The number of benzene rings is 1. The van der Waals surface area contributed by atoms with Crippen LogP contribution in [-0.4, -0.2) is 44.2 Å². The molecule has 20 heavy (non-hydrogen) atoms. The van der Waals surface area contributed by atoms with Gasteiger partial charge in [-0.25, -0.2) is 0 Å². The van der Waals surface area contributed by atoms with E-state index in [1.807, 2.05) is 7.05 Å². The molecule has 1 saturated heterocycles. The lowest BCUT2D eigenvalue weighted by atomic mass is 10.1. The zero-order valence-corrected chi connectivity index (χ0v) is 12.7.